The van der Waals surface area contributed by atoms with Gasteiger partial charge >= 0.3 is 0 Å². The molecule has 2 aromatic rings. The number of ether oxygens (including phenoxy) is 3. The maximum Gasteiger partial charge on any atom is 0.262 e. The molecule has 5 rings (SSSR count). The predicted molar refractivity (Wildman–Crippen MR) is 141 cm³/mol. The summed E-state index contributed by atoms with van der Waals surface area (Å²) in [5, 5.41) is 2.49. The summed E-state index contributed by atoms with van der Waals surface area (Å²) in [7, 11) is 0. The number of ketones is 2. The Labute approximate surface area is 228 Å². The first-order valence-corrected chi connectivity index (χ1v) is 13.5. The minimum absolute atomic E-state index is 0.0135. The Bertz CT molecular complexity index is 1340. The maximum absolute atomic E-state index is 13.9. The molecule has 1 N–H and O–H groups in total. The van der Waals surface area contributed by atoms with Crippen molar-refractivity contribution in [2.75, 3.05) is 18.5 Å². The van der Waals surface area contributed by atoms with Crippen LogP contribution in [-0.4, -0.2) is 30.7 Å². The summed E-state index contributed by atoms with van der Waals surface area (Å²) in [5.41, 5.74) is 1.84. The summed E-state index contributed by atoms with van der Waals surface area (Å²) in [6.07, 6.45) is 3.56. The van der Waals surface area contributed by atoms with Gasteiger partial charge in [0, 0.05) is 42.7 Å². The Balaban J connectivity index is 1.48. The van der Waals surface area contributed by atoms with Crippen molar-refractivity contribution >= 4 is 39.1 Å². The number of carbonyl (C=O) groups is 3. The van der Waals surface area contributed by atoms with Gasteiger partial charge < -0.3 is 19.5 Å². The van der Waals surface area contributed by atoms with Gasteiger partial charge in [-0.05, 0) is 65.5 Å². The number of anilines is 1. The molecule has 198 valence electrons. The van der Waals surface area contributed by atoms with Crippen LogP contribution in [-0.2, 0) is 19.1 Å². The van der Waals surface area contributed by atoms with Gasteiger partial charge in [0.05, 0.1) is 16.8 Å². The standard InChI is InChI=1S/C29H27BrFNO6/c1-2-36-24-14-16(13-17(30)29(24)37-15-25(35)32-19-8-4-3-7-18(19)31)26-27-20(33)9-5-11-22(27)38-23-12-6-10-21(34)28(23)26/h3-4,7-8,13-14,26H,2,5-6,9-12,15H2,1H3,(H,32,35). The number of amides is 1. The molecule has 0 saturated carbocycles. The van der Waals surface area contributed by atoms with Gasteiger partial charge in [-0.1, -0.05) is 12.1 Å². The third-order valence-corrected chi connectivity index (χ3v) is 7.39. The number of allylic oxidation sites excluding steroid dienone is 4. The fourth-order valence-corrected chi connectivity index (χ4v) is 5.77. The number of hydrogen-bond acceptors (Lipinski definition) is 6. The van der Waals surface area contributed by atoms with Crippen LogP contribution in [0.2, 0.25) is 0 Å². The van der Waals surface area contributed by atoms with Gasteiger partial charge in [-0.3, -0.25) is 14.4 Å². The molecule has 0 atom stereocenters. The van der Waals surface area contributed by atoms with Crippen LogP contribution in [0.5, 0.6) is 11.5 Å². The van der Waals surface area contributed by atoms with Crippen LogP contribution in [0.4, 0.5) is 10.1 Å². The highest BCUT2D eigenvalue weighted by Crippen LogP contribution is 2.50. The average Bonchev–Trinajstić information content (AvgIpc) is 2.89. The lowest BCUT2D eigenvalue weighted by Gasteiger charge is -2.36. The molecule has 9 heteroatoms. The number of benzene rings is 2. The Morgan fingerprint density at radius 3 is 2.32 bits per heavy atom. The number of halogens is 2. The van der Waals surface area contributed by atoms with E-state index in [0.29, 0.717) is 76.5 Å². The third-order valence-electron chi connectivity index (χ3n) is 6.80. The van der Waals surface area contributed by atoms with E-state index < -0.39 is 17.6 Å². The van der Waals surface area contributed by atoms with Crippen LogP contribution in [0.1, 0.15) is 56.9 Å². The molecule has 0 aromatic heterocycles. The largest absolute Gasteiger partial charge is 0.490 e. The molecule has 0 spiro atoms. The van der Waals surface area contributed by atoms with Crippen LogP contribution < -0.4 is 14.8 Å². The summed E-state index contributed by atoms with van der Waals surface area (Å²) in [6, 6.07) is 9.42. The van der Waals surface area contributed by atoms with Crippen molar-refractivity contribution in [2.45, 2.75) is 51.4 Å². The van der Waals surface area contributed by atoms with Crippen molar-refractivity contribution in [3.63, 3.8) is 0 Å². The van der Waals surface area contributed by atoms with Gasteiger partial charge in [-0.2, -0.15) is 0 Å². The molecule has 7 nitrogen and oxygen atoms in total. The van der Waals surface area contributed by atoms with E-state index in [1.165, 1.54) is 18.2 Å². The molecule has 0 bridgehead atoms. The summed E-state index contributed by atoms with van der Waals surface area (Å²) < 4.78 is 32.2. The summed E-state index contributed by atoms with van der Waals surface area (Å²) in [4.78, 5) is 38.7. The van der Waals surface area contributed by atoms with Gasteiger partial charge in [0.25, 0.3) is 5.91 Å². The van der Waals surface area contributed by atoms with E-state index >= 15 is 0 Å². The molecule has 1 amide bonds. The number of carbonyl (C=O) groups excluding carboxylic acids is 3. The number of rotatable bonds is 7. The summed E-state index contributed by atoms with van der Waals surface area (Å²) >= 11 is 3.54. The quantitative estimate of drug-likeness (QED) is 0.421. The van der Waals surface area contributed by atoms with E-state index in [2.05, 4.69) is 21.2 Å². The summed E-state index contributed by atoms with van der Waals surface area (Å²) in [6.45, 7) is 1.76. The van der Waals surface area contributed by atoms with E-state index in [9.17, 15) is 18.8 Å². The van der Waals surface area contributed by atoms with Gasteiger partial charge in [-0.25, -0.2) is 4.39 Å². The third kappa shape index (κ3) is 5.12. The Morgan fingerprint density at radius 2 is 1.68 bits per heavy atom. The normalized spacial score (nSPS) is 17.6. The molecule has 0 saturated heterocycles. The molecule has 1 aliphatic heterocycles. The second-order valence-corrected chi connectivity index (χ2v) is 10.2. The molecular weight excluding hydrogens is 557 g/mol. The zero-order valence-corrected chi connectivity index (χ0v) is 22.5. The SMILES string of the molecule is CCOc1cc(C2C3=C(CCCC3=O)OC3=C2C(=O)CCC3)cc(Br)c1OCC(=O)Nc1ccccc1F. The summed E-state index contributed by atoms with van der Waals surface area (Å²) in [5.74, 6) is 0.289. The topological polar surface area (TPSA) is 90.9 Å². The van der Waals surface area contributed by atoms with Crippen LogP contribution in [0.15, 0.2) is 63.5 Å². The fraction of sp³-hybridized carbons (Fsp3) is 0.345. The van der Waals surface area contributed by atoms with Crippen molar-refractivity contribution in [3.05, 3.63) is 74.9 Å². The lowest BCUT2D eigenvalue weighted by Crippen LogP contribution is -2.30. The molecule has 0 radical (unpaired) electrons. The smallest absolute Gasteiger partial charge is 0.262 e. The lowest BCUT2D eigenvalue weighted by atomic mass is 9.73. The van der Waals surface area contributed by atoms with Crippen LogP contribution >= 0.6 is 15.9 Å². The average molecular weight is 584 g/mol. The molecule has 3 aliphatic rings. The minimum atomic E-state index is -0.553. The zero-order chi connectivity index (χ0) is 26.8. The second kappa shape index (κ2) is 11.1. The van der Waals surface area contributed by atoms with Gasteiger partial charge in [0.2, 0.25) is 0 Å². The van der Waals surface area contributed by atoms with Gasteiger partial charge in [0.15, 0.2) is 29.7 Å². The second-order valence-electron chi connectivity index (χ2n) is 9.34. The lowest BCUT2D eigenvalue weighted by molar-refractivity contribution is -0.119. The molecule has 38 heavy (non-hydrogen) atoms. The van der Waals surface area contributed by atoms with Gasteiger partial charge in [0.1, 0.15) is 17.3 Å². The number of para-hydroxylation sites is 1. The van der Waals surface area contributed by atoms with Crippen molar-refractivity contribution in [1.82, 2.24) is 0 Å². The molecule has 1 heterocycles. The highest BCUT2D eigenvalue weighted by molar-refractivity contribution is 9.10. The van der Waals surface area contributed by atoms with Crippen molar-refractivity contribution < 1.29 is 33.0 Å². The minimum Gasteiger partial charge on any atom is -0.490 e. The van der Waals surface area contributed by atoms with Crippen LogP contribution in [0, 0.1) is 5.82 Å². The monoisotopic (exact) mass is 583 g/mol. The van der Waals surface area contributed by atoms with Crippen molar-refractivity contribution in [3.8, 4) is 11.5 Å². The first kappa shape index (κ1) is 26.2. The highest BCUT2D eigenvalue weighted by Gasteiger charge is 2.42. The van der Waals surface area contributed by atoms with Gasteiger partial charge in [-0.15, -0.1) is 0 Å². The van der Waals surface area contributed by atoms with Crippen LogP contribution in [0.3, 0.4) is 0 Å². The van der Waals surface area contributed by atoms with E-state index in [4.69, 9.17) is 14.2 Å². The first-order valence-electron chi connectivity index (χ1n) is 12.7. The fourth-order valence-electron chi connectivity index (χ4n) is 5.20. The Hall–Kier alpha value is -3.46. The predicted octanol–water partition coefficient (Wildman–Crippen LogP) is 6.13. The van der Waals surface area contributed by atoms with E-state index in [-0.39, 0.29) is 23.9 Å². The van der Waals surface area contributed by atoms with E-state index in [1.54, 1.807) is 18.2 Å². The number of hydrogen-bond donors (Lipinski definition) is 1. The Kier molecular flexibility index (Phi) is 7.65. The molecule has 2 aromatic carbocycles. The number of Topliss-reactive ketones (excluding diaryl/α,β-unsaturated/α-hetero) is 2. The Morgan fingerprint density at radius 1 is 1.03 bits per heavy atom. The van der Waals surface area contributed by atoms with Crippen LogP contribution in [0.25, 0.3) is 0 Å². The molecular formula is C29H27BrFNO6. The maximum atomic E-state index is 13.9. The molecule has 0 unspecified atom stereocenters. The molecule has 0 fully saturated rings. The highest BCUT2D eigenvalue weighted by atomic mass is 79.9. The van der Waals surface area contributed by atoms with E-state index in [1.807, 2.05) is 6.92 Å². The molecule has 2 aliphatic carbocycles. The first-order chi connectivity index (χ1) is 18.4. The van der Waals surface area contributed by atoms with E-state index in [0.717, 1.165) is 12.8 Å². The number of nitrogens with one attached hydrogen (secondary N) is 1. The zero-order valence-electron chi connectivity index (χ0n) is 20.9. The van der Waals surface area contributed by atoms with Crippen molar-refractivity contribution in [1.29, 1.82) is 0 Å². The van der Waals surface area contributed by atoms with Crippen molar-refractivity contribution in [2.24, 2.45) is 0 Å².